The molecule has 0 bridgehead atoms. The quantitative estimate of drug-likeness (QED) is 0.513. The van der Waals surface area contributed by atoms with Gasteiger partial charge in [0.1, 0.15) is 0 Å². The third-order valence-electron chi connectivity index (χ3n) is 0.657. The topological polar surface area (TPSA) is 0 Å². The predicted molar refractivity (Wildman–Crippen MR) is 45.6 cm³/mol. The number of alkyl halides is 1. The second-order valence-electron chi connectivity index (χ2n) is 1.40. The van der Waals surface area contributed by atoms with Gasteiger partial charge in [-0.15, -0.1) is 0 Å². The average molecular weight is 240 g/mol. The van der Waals surface area contributed by atoms with Crippen LogP contribution in [0.4, 0.5) is 0 Å². The molecule has 0 fully saturated rings. The molecule has 0 aromatic heterocycles. The Bertz CT molecular complexity index is 103. The summed E-state index contributed by atoms with van der Waals surface area (Å²) >= 11 is 6.72. The molecule has 0 N–H and O–H groups in total. The summed E-state index contributed by atoms with van der Waals surface area (Å²) < 4.78 is 1.12. The van der Waals surface area contributed by atoms with E-state index in [-0.39, 0.29) is 0 Å². The summed E-state index contributed by atoms with van der Waals surface area (Å²) in [5.41, 5.74) is 0. The zero-order valence-corrected chi connectivity index (χ0v) is 7.87. The summed E-state index contributed by atoms with van der Waals surface area (Å²) in [6.45, 7) is 5.60. The second kappa shape index (κ2) is 4.33. The molecule has 0 heterocycles. The molecule has 0 aliphatic carbocycles. The van der Waals surface area contributed by atoms with Crippen molar-refractivity contribution in [2.24, 2.45) is 0 Å². The van der Waals surface area contributed by atoms with Crippen molar-refractivity contribution >= 4 is 31.9 Å². The Kier molecular flexibility index (Phi) is 4.57. The van der Waals surface area contributed by atoms with E-state index < -0.39 is 0 Å². The lowest BCUT2D eigenvalue weighted by atomic mass is 10.4. The largest absolute Gasteiger partial charge is 0.0990 e. The molecule has 0 saturated carbocycles. The van der Waals surface area contributed by atoms with Gasteiger partial charge in [0.2, 0.25) is 0 Å². The van der Waals surface area contributed by atoms with E-state index in [4.69, 9.17) is 0 Å². The van der Waals surface area contributed by atoms with Gasteiger partial charge < -0.3 is 0 Å². The Hall–Kier alpha value is 0.440. The second-order valence-corrected chi connectivity index (χ2v) is 3.69. The molecule has 0 rings (SSSR count). The standard InChI is InChI=1S/C6H8Br2/c1-3-4-6(8)5(2)7/h3-5H,1H2,2H3/b6-4+. The van der Waals surface area contributed by atoms with Gasteiger partial charge in [-0.3, -0.25) is 0 Å². The third-order valence-corrected chi connectivity index (χ3v) is 2.72. The summed E-state index contributed by atoms with van der Waals surface area (Å²) in [6.07, 6.45) is 3.67. The molecule has 1 atom stereocenters. The van der Waals surface area contributed by atoms with Crippen molar-refractivity contribution in [1.82, 2.24) is 0 Å². The Labute approximate surface area is 66.9 Å². The van der Waals surface area contributed by atoms with Crippen LogP contribution in [0.1, 0.15) is 6.92 Å². The first-order valence-electron chi connectivity index (χ1n) is 2.30. The maximum absolute atomic E-state index is 3.56. The molecular formula is C6H8Br2. The fraction of sp³-hybridized carbons (Fsp3) is 0.333. The van der Waals surface area contributed by atoms with Crippen molar-refractivity contribution < 1.29 is 0 Å². The summed E-state index contributed by atoms with van der Waals surface area (Å²) in [5.74, 6) is 0. The molecule has 0 aromatic carbocycles. The molecule has 0 spiro atoms. The molecule has 0 amide bonds. The van der Waals surface area contributed by atoms with Crippen molar-refractivity contribution in [2.45, 2.75) is 11.8 Å². The van der Waals surface area contributed by atoms with Crippen LogP contribution >= 0.6 is 31.9 Å². The van der Waals surface area contributed by atoms with Gasteiger partial charge in [0.05, 0.1) is 0 Å². The normalized spacial score (nSPS) is 15.6. The number of rotatable bonds is 2. The predicted octanol–water partition coefficient (Wildman–Crippen LogP) is 3.23. The number of hydrogen-bond donors (Lipinski definition) is 0. The minimum Gasteiger partial charge on any atom is -0.0990 e. The molecule has 8 heavy (non-hydrogen) atoms. The molecule has 1 unspecified atom stereocenters. The molecule has 46 valence electrons. The lowest BCUT2D eigenvalue weighted by molar-refractivity contribution is 1.26. The Balaban J connectivity index is 3.78. The summed E-state index contributed by atoms with van der Waals surface area (Å²) in [4.78, 5) is 0.389. The van der Waals surface area contributed by atoms with Gasteiger partial charge in [-0.1, -0.05) is 50.6 Å². The van der Waals surface area contributed by atoms with Crippen LogP contribution in [0.2, 0.25) is 0 Å². The highest BCUT2D eigenvalue weighted by Gasteiger charge is 1.95. The van der Waals surface area contributed by atoms with Crippen LogP contribution < -0.4 is 0 Å². The fourth-order valence-corrected chi connectivity index (χ4v) is 0.585. The van der Waals surface area contributed by atoms with E-state index in [1.807, 2.05) is 13.0 Å². The van der Waals surface area contributed by atoms with Crippen molar-refractivity contribution in [3.8, 4) is 0 Å². The fourth-order valence-electron chi connectivity index (χ4n) is 0.245. The highest BCUT2D eigenvalue weighted by Crippen LogP contribution is 2.17. The molecule has 0 nitrogen and oxygen atoms in total. The third kappa shape index (κ3) is 3.44. The maximum Gasteiger partial charge on any atom is 0.0433 e. The van der Waals surface area contributed by atoms with E-state index >= 15 is 0 Å². The van der Waals surface area contributed by atoms with Crippen LogP contribution in [-0.2, 0) is 0 Å². The van der Waals surface area contributed by atoms with Crippen LogP contribution in [0.15, 0.2) is 23.2 Å². The van der Waals surface area contributed by atoms with Gasteiger partial charge >= 0.3 is 0 Å². The summed E-state index contributed by atoms with van der Waals surface area (Å²) in [6, 6.07) is 0. The van der Waals surface area contributed by atoms with Gasteiger partial charge in [0.25, 0.3) is 0 Å². The van der Waals surface area contributed by atoms with Crippen molar-refractivity contribution in [1.29, 1.82) is 0 Å². The number of hydrogen-bond acceptors (Lipinski definition) is 0. The van der Waals surface area contributed by atoms with Gasteiger partial charge in [-0.05, 0) is 6.92 Å². The average Bonchev–Trinajstić information content (AvgIpc) is 1.67. The van der Waals surface area contributed by atoms with E-state index in [1.54, 1.807) is 6.08 Å². The summed E-state index contributed by atoms with van der Waals surface area (Å²) in [7, 11) is 0. The molecule has 2 heteroatoms. The minimum atomic E-state index is 0.389. The van der Waals surface area contributed by atoms with Gasteiger partial charge in [0, 0.05) is 9.31 Å². The van der Waals surface area contributed by atoms with Gasteiger partial charge in [-0.2, -0.15) is 0 Å². The maximum atomic E-state index is 3.56. The van der Waals surface area contributed by atoms with Crippen molar-refractivity contribution in [2.75, 3.05) is 0 Å². The molecule has 0 aromatic rings. The van der Waals surface area contributed by atoms with Crippen LogP contribution in [0.25, 0.3) is 0 Å². The van der Waals surface area contributed by atoms with Gasteiger partial charge in [-0.25, -0.2) is 0 Å². The molecule has 0 aliphatic rings. The minimum absolute atomic E-state index is 0.389. The molecular weight excluding hydrogens is 232 g/mol. The van der Waals surface area contributed by atoms with E-state index in [1.165, 1.54) is 0 Å². The molecule has 0 saturated heterocycles. The highest BCUT2D eigenvalue weighted by molar-refractivity contribution is 9.14. The highest BCUT2D eigenvalue weighted by atomic mass is 79.9. The Morgan fingerprint density at radius 1 is 1.75 bits per heavy atom. The summed E-state index contributed by atoms with van der Waals surface area (Å²) in [5, 5.41) is 0. The zero-order valence-electron chi connectivity index (χ0n) is 4.70. The SMILES string of the molecule is C=C/C=C(/Br)C(C)Br. The van der Waals surface area contributed by atoms with E-state index in [0.717, 1.165) is 4.48 Å². The van der Waals surface area contributed by atoms with E-state index in [2.05, 4.69) is 38.4 Å². The monoisotopic (exact) mass is 238 g/mol. The number of allylic oxidation sites excluding steroid dienone is 3. The van der Waals surface area contributed by atoms with Crippen LogP contribution in [0, 0.1) is 0 Å². The zero-order chi connectivity index (χ0) is 6.57. The smallest absolute Gasteiger partial charge is 0.0433 e. The van der Waals surface area contributed by atoms with E-state index in [0.29, 0.717) is 4.83 Å². The van der Waals surface area contributed by atoms with Crippen molar-refractivity contribution in [3.63, 3.8) is 0 Å². The molecule has 0 radical (unpaired) electrons. The Morgan fingerprint density at radius 2 is 2.25 bits per heavy atom. The van der Waals surface area contributed by atoms with Crippen LogP contribution in [0.3, 0.4) is 0 Å². The van der Waals surface area contributed by atoms with Gasteiger partial charge in [0.15, 0.2) is 0 Å². The lowest BCUT2D eigenvalue weighted by Crippen LogP contribution is -1.85. The van der Waals surface area contributed by atoms with E-state index in [9.17, 15) is 0 Å². The van der Waals surface area contributed by atoms with Crippen LogP contribution in [0.5, 0.6) is 0 Å². The first-order chi connectivity index (χ1) is 3.68. The first-order valence-corrected chi connectivity index (χ1v) is 4.01. The lowest BCUT2D eigenvalue weighted by Gasteiger charge is -1.96. The number of halogens is 2. The van der Waals surface area contributed by atoms with Crippen molar-refractivity contribution in [3.05, 3.63) is 23.2 Å². The van der Waals surface area contributed by atoms with Crippen LogP contribution in [-0.4, -0.2) is 4.83 Å². The molecule has 0 aliphatic heterocycles. The Morgan fingerprint density at radius 3 is 2.38 bits per heavy atom. The first kappa shape index (κ1) is 8.44.